The first-order chi connectivity index (χ1) is 8.47. The minimum atomic E-state index is -4.02. The topological polar surface area (TPSA) is 15.3 Å². The Balaban J connectivity index is 1.85. The average Bonchev–Trinajstić information content (AvgIpc) is 2.31. The van der Waals surface area contributed by atoms with E-state index in [-0.39, 0.29) is 6.54 Å². The lowest BCUT2D eigenvalue weighted by molar-refractivity contribution is -0.187. The van der Waals surface area contributed by atoms with Crippen LogP contribution in [0.4, 0.5) is 13.2 Å². The molecule has 106 valence electrons. The normalized spacial score (nSPS) is 35.7. The molecule has 3 atom stereocenters. The van der Waals surface area contributed by atoms with Gasteiger partial charge < -0.3 is 10.2 Å². The van der Waals surface area contributed by atoms with Gasteiger partial charge in [0, 0.05) is 19.1 Å². The number of likely N-dealkylation sites (tertiary alicyclic amines) is 1. The molecule has 18 heavy (non-hydrogen) atoms. The van der Waals surface area contributed by atoms with E-state index in [0.717, 1.165) is 19.6 Å². The van der Waals surface area contributed by atoms with Crippen molar-refractivity contribution in [2.45, 2.75) is 44.8 Å². The van der Waals surface area contributed by atoms with Gasteiger partial charge in [-0.25, -0.2) is 0 Å². The van der Waals surface area contributed by atoms with Crippen LogP contribution < -0.4 is 5.32 Å². The Bertz CT molecular complexity index is 267. The van der Waals surface area contributed by atoms with Gasteiger partial charge in [0.2, 0.25) is 0 Å². The number of alkyl halides is 3. The zero-order valence-corrected chi connectivity index (χ0v) is 11.0. The summed E-state index contributed by atoms with van der Waals surface area (Å²) in [6, 6.07) is 0.366. The van der Waals surface area contributed by atoms with Gasteiger partial charge in [-0.3, -0.25) is 0 Å². The number of piperidine rings is 2. The molecule has 0 aromatic rings. The molecule has 0 aliphatic carbocycles. The van der Waals surface area contributed by atoms with Gasteiger partial charge in [-0.2, -0.15) is 13.2 Å². The highest BCUT2D eigenvalue weighted by Gasteiger charge is 2.42. The van der Waals surface area contributed by atoms with Gasteiger partial charge in [0.05, 0.1) is 5.92 Å². The third-order valence-corrected chi connectivity index (χ3v) is 4.35. The Hall–Kier alpha value is -0.290. The van der Waals surface area contributed by atoms with Crippen LogP contribution >= 0.6 is 0 Å². The number of hydrogen-bond acceptors (Lipinski definition) is 2. The first-order valence-corrected chi connectivity index (χ1v) is 6.99. The molecule has 2 rings (SSSR count). The molecule has 0 spiro atoms. The molecular weight excluding hydrogens is 241 g/mol. The van der Waals surface area contributed by atoms with Gasteiger partial charge in [0.25, 0.3) is 0 Å². The van der Waals surface area contributed by atoms with Crippen molar-refractivity contribution in [2.75, 3.05) is 26.2 Å². The van der Waals surface area contributed by atoms with Gasteiger partial charge in [0.15, 0.2) is 0 Å². The van der Waals surface area contributed by atoms with Crippen LogP contribution in [-0.4, -0.2) is 43.3 Å². The molecule has 2 heterocycles. The molecule has 0 bridgehead atoms. The Morgan fingerprint density at radius 2 is 2.00 bits per heavy atom. The predicted octanol–water partition coefficient (Wildman–Crippen LogP) is 2.65. The summed E-state index contributed by atoms with van der Waals surface area (Å²) in [5.41, 5.74) is 0. The average molecular weight is 264 g/mol. The first-order valence-electron chi connectivity index (χ1n) is 6.99. The highest BCUT2D eigenvalue weighted by Crippen LogP contribution is 2.33. The molecule has 0 aromatic heterocycles. The van der Waals surface area contributed by atoms with E-state index in [2.05, 4.69) is 12.2 Å². The fourth-order valence-corrected chi connectivity index (χ4v) is 3.13. The van der Waals surface area contributed by atoms with Crippen molar-refractivity contribution in [2.24, 2.45) is 11.8 Å². The van der Waals surface area contributed by atoms with Crippen molar-refractivity contribution in [3.05, 3.63) is 0 Å². The SMILES string of the molecule is CC1CCCNC1CN1CCCC(C(F)(F)F)C1. The third kappa shape index (κ3) is 3.60. The van der Waals surface area contributed by atoms with Gasteiger partial charge >= 0.3 is 6.18 Å². The summed E-state index contributed by atoms with van der Waals surface area (Å²) in [6.45, 7) is 4.98. The van der Waals surface area contributed by atoms with Crippen LogP contribution in [0.25, 0.3) is 0 Å². The Morgan fingerprint density at radius 3 is 2.67 bits per heavy atom. The van der Waals surface area contributed by atoms with Crippen LogP contribution in [0, 0.1) is 11.8 Å². The monoisotopic (exact) mass is 264 g/mol. The van der Waals surface area contributed by atoms with Crippen LogP contribution in [0.1, 0.15) is 32.6 Å². The third-order valence-electron chi connectivity index (χ3n) is 4.35. The molecule has 2 aliphatic heterocycles. The highest BCUT2D eigenvalue weighted by molar-refractivity contribution is 4.85. The largest absolute Gasteiger partial charge is 0.393 e. The van der Waals surface area contributed by atoms with Crippen LogP contribution in [0.3, 0.4) is 0 Å². The standard InChI is InChI=1S/C13H23F3N2/c1-10-4-2-6-17-12(10)9-18-7-3-5-11(8-18)13(14,15)16/h10-12,17H,2-9H2,1H3. The van der Waals surface area contributed by atoms with Gasteiger partial charge in [0.1, 0.15) is 0 Å². The first kappa shape index (κ1) is 14.1. The van der Waals surface area contributed by atoms with E-state index in [0.29, 0.717) is 24.8 Å². The van der Waals surface area contributed by atoms with Crippen LogP contribution in [0.15, 0.2) is 0 Å². The maximum atomic E-state index is 12.7. The predicted molar refractivity (Wildman–Crippen MR) is 65.4 cm³/mol. The van der Waals surface area contributed by atoms with Crippen molar-refractivity contribution in [1.82, 2.24) is 10.2 Å². The lowest BCUT2D eigenvalue weighted by Crippen LogP contribution is -2.51. The summed E-state index contributed by atoms with van der Waals surface area (Å²) in [5.74, 6) is -0.546. The smallest absolute Gasteiger partial charge is 0.312 e. The molecule has 1 N–H and O–H groups in total. The lowest BCUT2D eigenvalue weighted by Gasteiger charge is -2.39. The summed E-state index contributed by atoms with van der Waals surface area (Å²) in [6.07, 6.45) is -0.680. The van der Waals surface area contributed by atoms with Crippen molar-refractivity contribution in [3.63, 3.8) is 0 Å². The lowest BCUT2D eigenvalue weighted by atomic mass is 9.91. The summed E-state index contributed by atoms with van der Waals surface area (Å²) >= 11 is 0. The van der Waals surface area contributed by atoms with E-state index in [1.165, 1.54) is 12.8 Å². The second-order valence-corrected chi connectivity index (χ2v) is 5.82. The summed E-state index contributed by atoms with van der Waals surface area (Å²) < 4.78 is 38.2. The van der Waals surface area contributed by atoms with Crippen molar-refractivity contribution >= 4 is 0 Å². The number of nitrogens with one attached hydrogen (secondary N) is 1. The molecular formula is C13H23F3N2. The second-order valence-electron chi connectivity index (χ2n) is 5.82. The fraction of sp³-hybridized carbons (Fsp3) is 1.00. The fourth-order valence-electron chi connectivity index (χ4n) is 3.13. The van der Waals surface area contributed by atoms with Crippen molar-refractivity contribution in [1.29, 1.82) is 0 Å². The number of rotatable bonds is 2. The second kappa shape index (κ2) is 5.78. The Labute approximate surface area is 107 Å². The molecule has 3 unspecified atom stereocenters. The van der Waals surface area contributed by atoms with Crippen LogP contribution in [0.2, 0.25) is 0 Å². The molecule has 0 radical (unpaired) electrons. The molecule has 2 saturated heterocycles. The Kier molecular flexibility index (Phi) is 4.54. The Morgan fingerprint density at radius 1 is 1.22 bits per heavy atom. The molecule has 2 fully saturated rings. The van der Waals surface area contributed by atoms with Crippen LogP contribution in [-0.2, 0) is 0 Å². The maximum absolute atomic E-state index is 12.7. The highest BCUT2D eigenvalue weighted by atomic mass is 19.4. The summed E-state index contributed by atoms with van der Waals surface area (Å²) in [4.78, 5) is 2.00. The maximum Gasteiger partial charge on any atom is 0.393 e. The minimum absolute atomic E-state index is 0.189. The van der Waals surface area contributed by atoms with Gasteiger partial charge in [-0.1, -0.05) is 6.92 Å². The summed E-state index contributed by atoms with van der Waals surface area (Å²) in [5, 5.41) is 3.45. The molecule has 0 saturated carbocycles. The van der Waals surface area contributed by atoms with E-state index < -0.39 is 12.1 Å². The van der Waals surface area contributed by atoms with Crippen LogP contribution in [0.5, 0.6) is 0 Å². The van der Waals surface area contributed by atoms with E-state index >= 15 is 0 Å². The molecule has 2 aliphatic rings. The van der Waals surface area contributed by atoms with E-state index in [4.69, 9.17) is 0 Å². The molecule has 5 heteroatoms. The number of halogens is 3. The van der Waals surface area contributed by atoms with E-state index in [1.54, 1.807) is 0 Å². The molecule has 2 nitrogen and oxygen atoms in total. The van der Waals surface area contributed by atoms with Gasteiger partial charge in [-0.05, 0) is 44.7 Å². The van der Waals surface area contributed by atoms with Crippen molar-refractivity contribution in [3.8, 4) is 0 Å². The van der Waals surface area contributed by atoms with Crippen molar-refractivity contribution < 1.29 is 13.2 Å². The minimum Gasteiger partial charge on any atom is -0.312 e. The zero-order chi connectivity index (χ0) is 13.2. The molecule has 0 amide bonds. The quantitative estimate of drug-likeness (QED) is 0.825. The number of hydrogen-bond donors (Lipinski definition) is 1. The van der Waals surface area contributed by atoms with Gasteiger partial charge in [-0.15, -0.1) is 0 Å². The number of nitrogens with zero attached hydrogens (tertiary/aromatic N) is 1. The van der Waals surface area contributed by atoms with E-state index in [9.17, 15) is 13.2 Å². The van der Waals surface area contributed by atoms with E-state index in [1.807, 2.05) is 4.90 Å². The molecule has 0 aromatic carbocycles. The zero-order valence-electron chi connectivity index (χ0n) is 11.0. The summed E-state index contributed by atoms with van der Waals surface area (Å²) in [7, 11) is 0.